The second-order valence-corrected chi connectivity index (χ2v) is 9.05. The zero-order valence-electron chi connectivity index (χ0n) is 17.0. The minimum absolute atomic E-state index is 0.134. The van der Waals surface area contributed by atoms with E-state index in [2.05, 4.69) is 10.3 Å². The van der Waals surface area contributed by atoms with Crippen LogP contribution in [0.3, 0.4) is 0 Å². The maximum absolute atomic E-state index is 13.6. The van der Waals surface area contributed by atoms with E-state index in [1.54, 1.807) is 48.7 Å². The molecule has 1 aliphatic rings. The SMILES string of the molecule is O=C(NC1CCCCC1)[C@H](c1cccs1)N(C(=O)c1ccccn1)c1cccc(Cl)c1. The number of halogens is 1. The lowest BCUT2D eigenvalue weighted by Gasteiger charge is -2.32. The highest BCUT2D eigenvalue weighted by Gasteiger charge is 2.35. The highest BCUT2D eigenvalue weighted by Crippen LogP contribution is 2.33. The Balaban J connectivity index is 1.76. The van der Waals surface area contributed by atoms with Crippen LogP contribution in [0.15, 0.2) is 66.2 Å². The van der Waals surface area contributed by atoms with E-state index in [1.807, 2.05) is 17.5 Å². The molecule has 1 atom stereocenters. The Morgan fingerprint density at radius 3 is 2.58 bits per heavy atom. The van der Waals surface area contributed by atoms with Crippen LogP contribution in [0.4, 0.5) is 5.69 Å². The topological polar surface area (TPSA) is 62.3 Å². The average Bonchev–Trinajstić information content (AvgIpc) is 3.32. The van der Waals surface area contributed by atoms with Crippen molar-refractivity contribution in [3.63, 3.8) is 0 Å². The van der Waals surface area contributed by atoms with Gasteiger partial charge in [0, 0.05) is 27.8 Å². The number of hydrogen-bond acceptors (Lipinski definition) is 4. The molecule has 2 heterocycles. The van der Waals surface area contributed by atoms with Crippen LogP contribution in [0, 0.1) is 0 Å². The van der Waals surface area contributed by atoms with Crippen LogP contribution < -0.4 is 10.2 Å². The van der Waals surface area contributed by atoms with E-state index in [0.29, 0.717) is 10.7 Å². The van der Waals surface area contributed by atoms with Crippen molar-refractivity contribution in [3.05, 3.63) is 81.8 Å². The van der Waals surface area contributed by atoms with Gasteiger partial charge in [-0.15, -0.1) is 11.3 Å². The number of carbonyl (C=O) groups excluding carboxylic acids is 2. The maximum atomic E-state index is 13.6. The summed E-state index contributed by atoms with van der Waals surface area (Å²) in [5.41, 5.74) is 0.829. The van der Waals surface area contributed by atoms with Gasteiger partial charge in [-0.05, 0) is 54.6 Å². The quantitative estimate of drug-likeness (QED) is 0.525. The first-order chi connectivity index (χ1) is 15.1. The van der Waals surface area contributed by atoms with Gasteiger partial charge in [-0.25, -0.2) is 0 Å². The molecule has 0 aliphatic heterocycles. The first-order valence-electron chi connectivity index (χ1n) is 10.5. The van der Waals surface area contributed by atoms with Crippen molar-refractivity contribution in [2.45, 2.75) is 44.2 Å². The zero-order chi connectivity index (χ0) is 21.6. The average molecular weight is 454 g/mol. The maximum Gasteiger partial charge on any atom is 0.277 e. The minimum atomic E-state index is -0.810. The summed E-state index contributed by atoms with van der Waals surface area (Å²) in [5.74, 6) is -0.529. The predicted molar refractivity (Wildman–Crippen MR) is 125 cm³/mol. The summed E-state index contributed by atoms with van der Waals surface area (Å²) in [6, 6.07) is 15.3. The normalized spacial score (nSPS) is 15.3. The van der Waals surface area contributed by atoms with Gasteiger partial charge >= 0.3 is 0 Å². The van der Waals surface area contributed by atoms with E-state index in [-0.39, 0.29) is 23.6 Å². The molecule has 7 heteroatoms. The van der Waals surface area contributed by atoms with E-state index >= 15 is 0 Å². The van der Waals surface area contributed by atoms with Crippen molar-refractivity contribution in [1.82, 2.24) is 10.3 Å². The molecular formula is C24H24ClN3O2S. The van der Waals surface area contributed by atoms with Gasteiger partial charge in [0.2, 0.25) is 5.91 Å². The highest BCUT2D eigenvalue weighted by molar-refractivity contribution is 7.10. The van der Waals surface area contributed by atoms with Gasteiger partial charge in [0.05, 0.1) is 0 Å². The minimum Gasteiger partial charge on any atom is -0.351 e. The summed E-state index contributed by atoms with van der Waals surface area (Å²) in [6.07, 6.45) is 6.93. The Hall–Kier alpha value is -2.70. The number of carbonyl (C=O) groups is 2. The molecule has 1 fully saturated rings. The van der Waals surface area contributed by atoms with Gasteiger partial charge in [-0.2, -0.15) is 0 Å². The smallest absolute Gasteiger partial charge is 0.277 e. The lowest BCUT2D eigenvalue weighted by Crippen LogP contribution is -2.47. The Bertz CT molecular complexity index is 1020. The number of anilines is 1. The van der Waals surface area contributed by atoms with E-state index in [0.717, 1.165) is 30.6 Å². The summed E-state index contributed by atoms with van der Waals surface area (Å²) >= 11 is 7.71. The molecule has 4 rings (SSSR count). The predicted octanol–water partition coefficient (Wildman–Crippen LogP) is 5.63. The summed E-state index contributed by atoms with van der Waals surface area (Å²) in [6.45, 7) is 0. The number of rotatable bonds is 6. The largest absolute Gasteiger partial charge is 0.351 e. The van der Waals surface area contributed by atoms with Crippen LogP contribution in [-0.2, 0) is 4.79 Å². The van der Waals surface area contributed by atoms with Gasteiger partial charge in [0.25, 0.3) is 5.91 Å². The number of hydrogen-bond donors (Lipinski definition) is 1. The molecule has 1 N–H and O–H groups in total. The molecule has 3 aromatic rings. The molecule has 0 unspecified atom stereocenters. The number of thiophene rings is 1. The molecule has 5 nitrogen and oxygen atoms in total. The fraction of sp³-hybridized carbons (Fsp3) is 0.292. The fourth-order valence-electron chi connectivity index (χ4n) is 3.97. The molecule has 0 saturated heterocycles. The lowest BCUT2D eigenvalue weighted by atomic mass is 9.95. The zero-order valence-corrected chi connectivity index (χ0v) is 18.6. The number of pyridine rings is 1. The van der Waals surface area contributed by atoms with Crippen LogP contribution in [0.1, 0.15) is 53.5 Å². The summed E-state index contributed by atoms with van der Waals surface area (Å²) in [7, 11) is 0. The molecule has 1 aromatic carbocycles. The molecule has 160 valence electrons. The molecule has 1 aliphatic carbocycles. The summed E-state index contributed by atoms with van der Waals surface area (Å²) < 4.78 is 0. The molecule has 0 radical (unpaired) electrons. The van der Waals surface area contributed by atoms with Gasteiger partial charge in [0.15, 0.2) is 6.04 Å². The number of nitrogens with one attached hydrogen (secondary N) is 1. The second kappa shape index (κ2) is 10.1. The molecule has 31 heavy (non-hydrogen) atoms. The van der Waals surface area contributed by atoms with Crippen molar-refractivity contribution >= 4 is 40.4 Å². The Kier molecular flexibility index (Phi) is 6.99. The number of amides is 2. The Labute approximate surface area is 191 Å². The Morgan fingerprint density at radius 1 is 1.06 bits per heavy atom. The van der Waals surface area contributed by atoms with Gasteiger partial charge < -0.3 is 5.32 Å². The third-order valence-corrected chi connectivity index (χ3v) is 6.62. The van der Waals surface area contributed by atoms with Crippen LogP contribution in [0.25, 0.3) is 0 Å². The van der Waals surface area contributed by atoms with Gasteiger partial charge in [0.1, 0.15) is 5.69 Å². The van der Waals surface area contributed by atoms with Crippen LogP contribution in [0.5, 0.6) is 0 Å². The van der Waals surface area contributed by atoms with Gasteiger partial charge in [-0.1, -0.05) is 49.1 Å². The Morgan fingerprint density at radius 2 is 1.90 bits per heavy atom. The number of nitrogens with zero attached hydrogens (tertiary/aromatic N) is 2. The third kappa shape index (κ3) is 5.14. The summed E-state index contributed by atoms with van der Waals surface area (Å²) in [4.78, 5) is 33.8. The number of benzene rings is 1. The fourth-order valence-corrected chi connectivity index (χ4v) is 4.97. The van der Waals surface area contributed by atoms with E-state index < -0.39 is 6.04 Å². The lowest BCUT2D eigenvalue weighted by molar-refractivity contribution is -0.123. The molecule has 1 saturated carbocycles. The van der Waals surface area contributed by atoms with Gasteiger partial charge in [-0.3, -0.25) is 19.5 Å². The van der Waals surface area contributed by atoms with E-state index in [4.69, 9.17) is 11.6 Å². The van der Waals surface area contributed by atoms with Crippen LogP contribution in [0.2, 0.25) is 5.02 Å². The third-order valence-electron chi connectivity index (χ3n) is 5.46. The first-order valence-corrected chi connectivity index (χ1v) is 11.7. The molecule has 0 spiro atoms. The van der Waals surface area contributed by atoms with Crippen molar-refractivity contribution < 1.29 is 9.59 Å². The van der Waals surface area contributed by atoms with Crippen molar-refractivity contribution in [1.29, 1.82) is 0 Å². The van der Waals surface area contributed by atoms with E-state index in [9.17, 15) is 9.59 Å². The van der Waals surface area contributed by atoms with Crippen LogP contribution in [-0.4, -0.2) is 22.8 Å². The standard InChI is InChI=1S/C24H24ClN3O2S/c25-17-8-6-11-19(16-17)28(24(30)20-12-4-5-14-26-20)22(21-13-7-15-31-21)23(29)27-18-9-2-1-3-10-18/h4-8,11-16,18,22H,1-3,9-10H2,(H,27,29)/t22-/m0/s1. The molecule has 0 bridgehead atoms. The molecule has 2 amide bonds. The monoisotopic (exact) mass is 453 g/mol. The van der Waals surface area contributed by atoms with E-state index in [1.165, 1.54) is 22.7 Å². The van der Waals surface area contributed by atoms with Crippen molar-refractivity contribution in [3.8, 4) is 0 Å². The summed E-state index contributed by atoms with van der Waals surface area (Å²) in [5, 5.41) is 5.61. The molecular weight excluding hydrogens is 430 g/mol. The molecule has 2 aromatic heterocycles. The van der Waals surface area contributed by atoms with Crippen LogP contribution >= 0.6 is 22.9 Å². The van der Waals surface area contributed by atoms with Crippen molar-refractivity contribution in [2.24, 2.45) is 0 Å². The number of aromatic nitrogens is 1. The second-order valence-electron chi connectivity index (χ2n) is 7.63. The highest BCUT2D eigenvalue weighted by atomic mass is 35.5. The van der Waals surface area contributed by atoms with Crippen molar-refractivity contribution in [2.75, 3.05) is 4.90 Å². The first kappa shape index (κ1) is 21.5.